The Hall–Kier alpha value is -3.23. The maximum Gasteiger partial charge on any atom is 0.465 e. The van der Waals surface area contributed by atoms with Crippen molar-refractivity contribution in [2.45, 2.75) is 18.8 Å². The fourth-order valence-electron chi connectivity index (χ4n) is 2.59. The zero-order chi connectivity index (χ0) is 19.8. The minimum absolute atomic E-state index is 0.0573. The molecular weight excluding hydrogens is 366 g/mol. The van der Waals surface area contributed by atoms with Crippen LogP contribution >= 0.6 is 0 Å². The van der Waals surface area contributed by atoms with Crippen molar-refractivity contribution in [3.05, 3.63) is 71.0 Å². The van der Waals surface area contributed by atoms with Gasteiger partial charge in [0, 0.05) is 5.56 Å². The third-order valence-corrected chi connectivity index (χ3v) is 4.07. The van der Waals surface area contributed by atoms with Gasteiger partial charge >= 0.3 is 17.7 Å². The van der Waals surface area contributed by atoms with E-state index in [-0.39, 0.29) is 11.1 Å². The van der Waals surface area contributed by atoms with Crippen LogP contribution in [0.4, 0.5) is 17.6 Å². The molecule has 2 aromatic rings. The highest BCUT2D eigenvalue weighted by molar-refractivity contribution is 6.11. The topological polar surface area (TPSA) is 72.2 Å². The summed E-state index contributed by atoms with van der Waals surface area (Å²) in [6, 6.07) is 10.8. The second-order valence-electron chi connectivity index (χ2n) is 6.00. The summed E-state index contributed by atoms with van der Waals surface area (Å²) in [7, 11) is 0. The van der Waals surface area contributed by atoms with Crippen LogP contribution in [0.25, 0.3) is 0 Å². The molecule has 1 unspecified atom stereocenters. The summed E-state index contributed by atoms with van der Waals surface area (Å²) < 4.78 is 55.2. The molecule has 27 heavy (non-hydrogen) atoms. The van der Waals surface area contributed by atoms with Crippen molar-refractivity contribution in [3.8, 4) is 0 Å². The normalized spacial score (nSPS) is 19.4. The molecule has 0 spiro atoms. The van der Waals surface area contributed by atoms with E-state index in [2.05, 4.69) is 0 Å². The molecule has 0 aliphatic carbocycles. The molecule has 1 heterocycles. The standard InChI is InChI=1S/C18H13F4N3O2/c1-10-6-8-11(9-7-10)15(26)25-17(18(20,21)22)16(27)23-14(24-17)12-4-2-3-5-13(12)19/h2-9H,1H3,(H,25,26)(H,23,24,27)/p+1. The quantitative estimate of drug-likeness (QED) is 0.689. The molecule has 0 fully saturated rings. The second-order valence-corrected chi connectivity index (χ2v) is 6.00. The van der Waals surface area contributed by atoms with Gasteiger partial charge in [-0.25, -0.2) is 19.5 Å². The number of hydrogen-bond donors (Lipinski definition) is 3. The molecule has 1 atom stereocenters. The SMILES string of the molecule is Cc1ccc(C(=O)NC2(C(F)(F)F)[NH+]=C(c3ccccc3F)NC2=O)cc1. The zero-order valence-electron chi connectivity index (χ0n) is 13.9. The van der Waals surface area contributed by atoms with Crippen molar-refractivity contribution in [2.75, 3.05) is 0 Å². The van der Waals surface area contributed by atoms with Crippen LogP contribution in [0.2, 0.25) is 0 Å². The molecule has 3 N–H and O–H groups in total. The van der Waals surface area contributed by atoms with Crippen LogP contribution in [0.15, 0.2) is 48.5 Å². The summed E-state index contributed by atoms with van der Waals surface area (Å²) in [6.45, 7) is 1.75. The molecule has 0 radical (unpaired) electrons. The molecule has 5 nitrogen and oxygen atoms in total. The number of aryl methyl sites for hydroxylation is 1. The highest BCUT2D eigenvalue weighted by atomic mass is 19.4. The van der Waals surface area contributed by atoms with Crippen molar-refractivity contribution < 1.29 is 32.1 Å². The average Bonchev–Trinajstić information content (AvgIpc) is 2.93. The number of benzene rings is 2. The van der Waals surface area contributed by atoms with Gasteiger partial charge in [-0.3, -0.25) is 10.1 Å². The van der Waals surface area contributed by atoms with Crippen molar-refractivity contribution >= 4 is 17.6 Å². The number of amides is 2. The Kier molecular flexibility index (Phi) is 4.46. The number of rotatable bonds is 3. The molecule has 2 aromatic carbocycles. The lowest BCUT2D eigenvalue weighted by atomic mass is 10.1. The highest BCUT2D eigenvalue weighted by Crippen LogP contribution is 2.27. The van der Waals surface area contributed by atoms with E-state index in [1.54, 1.807) is 24.4 Å². The van der Waals surface area contributed by atoms with Gasteiger partial charge in [-0.1, -0.05) is 29.8 Å². The lowest BCUT2D eigenvalue weighted by Gasteiger charge is -2.23. The third-order valence-electron chi connectivity index (χ3n) is 4.07. The molecule has 3 rings (SSSR count). The summed E-state index contributed by atoms with van der Waals surface area (Å²) >= 11 is 0. The molecule has 0 saturated carbocycles. The summed E-state index contributed by atoms with van der Waals surface area (Å²) in [6.07, 6.45) is -5.19. The highest BCUT2D eigenvalue weighted by Gasteiger charge is 2.70. The Bertz CT molecular complexity index is 938. The van der Waals surface area contributed by atoms with Gasteiger partial charge in [-0.15, -0.1) is 0 Å². The van der Waals surface area contributed by atoms with E-state index in [0.717, 1.165) is 11.6 Å². The van der Waals surface area contributed by atoms with E-state index >= 15 is 0 Å². The monoisotopic (exact) mass is 380 g/mol. The fraction of sp³-hybridized carbons (Fsp3) is 0.167. The van der Waals surface area contributed by atoms with E-state index in [4.69, 9.17) is 0 Å². The number of carbonyl (C=O) groups is 2. The summed E-state index contributed by atoms with van der Waals surface area (Å²) in [5.41, 5.74) is -2.93. The number of carbonyl (C=O) groups excluding carboxylic acids is 2. The number of halogens is 4. The van der Waals surface area contributed by atoms with Gasteiger partial charge in [0.05, 0.1) is 5.56 Å². The summed E-state index contributed by atoms with van der Waals surface area (Å²) in [4.78, 5) is 26.4. The first-order valence-electron chi connectivity index (χ1n) is 7.81. The Morgan fingerprint density at radius 1 is 1.11 bits per heavy atom. The van der Waals surface area contributed by atoms with Crippen LogP contribution < -0.4 is 15.6 Å². The van der Waals surface area contributed by atoms with Crippen molar-refractivity contribution in [3.63, 3.8) is 0 Å². The maximum atomic E-state index is 13.9. The number of nitrogens with one attached hydrogen (secondary N) is 3. The van der Waals surface area contributed by atoms with E-state index < -0.39 is 35.3 Å². The minimum atomic E-state index is -5.19. The Balaban J connectivity index is 2.03. The van der Waals surface area contributed by atoms with Crippen LogP contribution in [0.1, 0.15) is 21.5 Å². The molecule has 1 aliphatic rings. The summed E-state index contributed by atoms with van der Waals surface area (Å²) in [5, 5.41) is 3.67. The lowest BCUT2D eigenvalue weighted by Crippen LogP contribution is -2.96. The number of alkyl halides is 3. The second kappa shape index (κ2) is 6.49. The summed E-state index contributed by atoms with van der Waals surface area (Å²) in [5.74, 6) is -3.98. The Labute approximate surface area is 151 Å². The molecular formula is C18H14F4N3O2+. The van der Waals surface area contributed by atoms with E-state index in [0.29, 0.717) is 0 Å². The van der Waals surface area contributed by atoms with E-state index in [1.807, 2.05) is 10.3 Å². The first-order valence-corrected chi connectivity index (χ1v) is 7.81. The molecule has 9 heteroatoms. The predicted octanol–water partition coefficient (Wildman–Crippen LogP) is 0.780. The lowest BCUT2D eigenvalue weighted by molar-refractivity contribution is -0.580. The van der Waals surface area contributed by atoms with Crippen LogP contribution in [-0.2, 0) is 4.79 Å². The van der Waals surface area contributed by atoms with Crippen LogP contribution in [-0.4, -0.2) is 29.5 Å². The number of hydrogen-bond acceptors (Lipinski definition) is 2. The zero-order valence-corrected chi connectivity index (χ0v) is 13.9. The van der Waals surface area contributed by atoms with Crippen LogP contribution in [0, 0.1) is 12.7 Å². The Morgan fingerprint density at radius 3 is 2.33 bits per heavy atom. The largest absolute Gasteiger partial charge is 0.465 e. The average molecular weight is 380 g/mol. The van der Waals surface area contributed by atoms with Gasteiger partial charge < -0.3 is 0 Å². The van der Waals surface area contributed by atoms with Gasteiger partial charge in [0.1, 0.15) is 5.82 Å². The molecule has 1 aliphatic heterocycles. The molecule has 0 saturated heterocycles. The molecule has 0 bridgehead atoms. The Morgan fingerprint density at radius 2 is 1.74 bits per heavy atom. The van der Waals surface area contributed by atoms with Gasteiger partial charge in [0.2, 0.25) is 0 Å². The van der Waals surface area contributed by atoms with Gasteiger partial charge in [0.25, 0.3) is 11.7 Å². The fourth-order valence-corrected chi connectivity index (χ4v) is 2.59. The van der Waals surface area contributed by atoms with Crippen molar-refractivity contribution in [1.29, 1.82) is 0 Å². The molecule has 0 aromatic heterocycles. The van der Waals surface area contributed by atoms with Crippen LogP contribution in [0.5, 0.6) is 0 Å². The van der Waals surface area contributed by atoms with Crippen molar-refractivity contribution in [1.82, 2.24) is 10.6 Å². The molecule has 2 amide bonds. The van der Waals surface area contributed by atoms with Crippen molar-refractivity contribution in [2.24, 2.45) is 0 Å². The molecule has 140 valence electrons. The first-order chi connectivity index (χ1) is 12.6. The smallest absolute Gasteiger partial charge is 0.293 e. The number of amidine groups is 1. The van der Waals surface area contributed by atoms with Gasteiger partial charge in [-0.2, -0.15) is 13.2 Å². The minimum Gasteiger partial charge on any atom is -0.293 e. The predicted molar refractivity (Wildman–Crippen MR) is 87.0 cm³/mol. The third kappa shape index (κ3) is 3.27. The van der Waals surface area contributed by atoms with E-state index in [9.17, 15) is 27.2 Å². The first kappa shape index (κ1) is 18.6. The van der Waals surface area contributed by atoms with Gasteiger partial charge in [-0.05, 0) is 31.2 Å². The van der Waals surface area contributed by atoms with E-state index in [1.165, 1.54) is 30.3 Å². The van der Waals surface area contributed by atoms with Crippen LogP contribution in [0.3, 0.4) is 0 Å². The van der Waals surface area contributed by atoms with Gasteiger partial charge in [0.15, 0.2) is 0 Å². The maximum absolute atomic E-state index is 13.9.